The number of nitrogens with zero attached hydrogens (tertiary/aromatic N) is 4. The van der Waals surface area contributed by atoms with Gasteiger partial charge in [-0.05, 0) is 12.5 Å². The molecule has 2 aliphatic rings. The van der Waals surface area contributed by atoms with Crippen molar-refractivity contribution in [3.8, 4) is 0 Å². The maximum Gasteiger partial charge on any atom is 0.352 e. The fourth-order valence-corrected chi connectivity index (χ4v) is 4.56. The van der Waals surface area contributed by atoms with Gasteiger partial charge in [-0.2, -0.15) is 9.36 Å². The van der Waals surface area contributed by atoms with E-state index in [9.17, 15) is 19.5 Å². The van der Waals surface area contributed by atoms with Gasteiger partial charge in [0.25, 0.3) is 0 Å². The molecular weight excluding hydrogens is 370 g/mol. The van der Waals surface area contributed by atoms with E-state index in [-0.39, 0.29) is 28.8 Å². The molecule has 132 valence electrons. The molecule has 2 atom stereocenters. The topological polar surface area (TPSA) is 159 Å². The van der Waals surface area contributed by atoms with Crippen LogP contribution in [0.2, 0.25) is 0 Å². The van der Waals surface area contributed by atoms with Crippen molar-refractivity contribution in [3.05, 3.63) is 17.1 Å². The first kappa shape index (κ1) is 17.4. The minimum Gasteiger partial charge on any atom is -0.477 e. The second-order valence-electron chi connectivity index (χ2n) is 5.48. The molecule has 1 fully saturated rings. The number of amides is 1. The Balaban J connectivity index is 1.76. The van der Waals surface area contributed by atoms with E-state index in [4.69, 9.17) is 10.9 Å². The summed E-state index contributed by atoms with van der Waals surface area (Å²) in [5.74, 6) is -2.54. The standard InChI is InChI=1S/C13H13N5O5S2/c1-4-3-24-11-5(10(20)18(11)8(4)12(21)22)2-6(19)7(16-23)9-15-13(14)25-17-9/h5,11,23H,2-3H2,1H3,(H,21,22)(H2,14,15,17)/b16-7+/t5-,11?/m1/s1. The summed E-state index contributed by atoms with van der Waals surface area (Å²) in [6, 6.07) is 0. The Labute approximate surface area is 149 Å². The summed E-state index contributed by atoms with van der Waals surface area (Å²) in [4.78, 5) is 41.1. The Morgan fingerprint density at radius 3 is 2.76 bits per heavy atom. The molecule has 10 nitrogen and oxygen atoms in total. The number of rotatable bonds is 5. The van der Waals surface area contributed by atoms with Crippen LogP contribution in [0.5, 0.6) is 0 Å². The molecule has 0 aromatic carbocycles. The van der Waals surface area contributed by atoms with Crippen LogP contribution in [-0.2, 0) is 14.4 Å². The molecule has 0 aliphatic carbocycles. The number of carbonyl (C=O) groups excluding carboxylic acids is 2. The molecule has 1 aromatic rings. The van der Waals surface area contributed by atoms with Crippen LogP contribution in [0, 0.1) is 5.92 Å². The predicted octanol–water partition coefficient (Wildman–Crippen LogP) is 0.148. The number of anilines is 1. The largest absolute Gasteiger partial charge is 0.477 e. The molecule has 25 heavy (non-hydrogen) atoms. The molecule has 0 radical (unpaired) electrons. The number of β-lactam (4-membered cyclic amide) rings is 1. The number of carboxylic acids is 1. The Morgan fingerprint density at radius 1 is 1.48 bits per heavy atom. The van der Waals surface area contributed by atoms with E-state index in [1.165, 1.54) is 16.7 Å². The third-order valence-electron chi connectivity index (χ3n) is 3.89. The lowest BCUT2D eigenvalue weighted by Gasteiger charge is -2.49. The number of hydrogen-bond donors (Lipinski definition) is 3. The minimum absolute atomic E-state index is 0.0255. The zero-order chi connectivity index (χ0) is 18.3. The summed E-state index contributed by atoms with van der Waals surface area (Å²) in [5.41, 5.74) is 5.66. The highest BCUT2D eigenvalue weighted by Crippen LogP contribution is 2.45. The molecule has 2 aliphatic heterocycles. The van der Waals surface area contributed by atoms with Gasteiger partial charge in [-0.1, -0.05) is 5.16 Å². The van der Waals surface area contributed by atoms with Crippen molar-refractivity contribution in [3.63, 3.8) is 0 Å². The van der Waals surface area contributed by atoms with E-state index in [1.807, 2.05) is 0 Å². The number of thioether (sulfide) groups is 1. The fraction of sp³-hybridized carbons (Fsp3) is 0.385. The zero-order valence-electron chi connectivity index (χ0n) is 12.9. The highest BCUT2D eigenvalue weighted by Gasteiger charge is 2.53. The van der Waals surface area contributed by atoms with E-state index in [0.29, 0.717) is 11.3 Å². The van der Waals surface area contributed by atoms with Crippen LogP contribution < -0.4 is 5.73 Å². The summed E-state index contributed by atoms with van der Waals surface area (Å²) in [7, 11) is 0. The van der Waals surface area contributed by atoms with Crippen molar-refractivity contribution in [1.82, 2.24) is 14.3 Å². The second kappa shape index (κ2) is 6.44. The Hall–Kier alpha value is -2.47. The summed E-state index contributed by atoms with van der Waals surface area (Å²) in [5, 5.41) is 21.0. The van der Waals surface area contributed by atoms with Gasteiger partial charge in [0, 0.05) is 23.7 Å². The van der Waals surface area contributed by atoms with Crippen LogP contribution in [0.3, 0.4) is 0 Å². The number of aromatic nitrogens is 2. The fourth-order valence-electron chi connectivity index (χ4n) is 2.76. The normalized spacial score (nSPS) is 23.3. The highest BCUT2D eigenvalue weighted by atomic mass is 32.2. The van der Waals surface area contributed by atoms with Crippen LogP contribution in [0.1, 0.15) is 19.2 Å². The number of nitrogen functional groups attached to an aromatic ring is 1. The third-order valence-corrected chi connectivity index (χ3v) is 5.92. The average Bonchev–Trinajstić information content (AvgIpc) is 2.98. The lowest BCUT2D eigenvalue weighted by Crippen LogP contribution is -2.61. The van der Waals surface area contributed by atoms with Crippen LogP contribution in [0.15, 0.2) is 16.4 Å². The van der Waals surface area contributed by atoms with Gasteiger partial charge in [0.2, 0.25) is 11.7 Å². The van der Waals surface area contributed by atoms with Gasteiger partial charge < -0.3 is 16.0 Å². The van der Waals surface area contributed by atoms with E-state index in [1.54, 1.807) is 6.92 Å². The molecule has 3 rings (SSSR count). The van der Waals surface area contributed by atoms with Gasteiger partial charge in [-0.3, -0.25) is 14.5 Å². The smallest absolute Gasteiger partial charge is 0.352 e. The lowest BCUT2D eigenvalue weighted by atomic mass is 9.89. The van der Waals surface area contributed by atoms with Crippen molar-refractivity contribution in [2.45, 2.75) is 18.7 Å². The summed E-state index contributed by atoms with van der Waals surface area (Å²) >= 11 is 2.24. The van der Waals surface area contributed by atoms with Gasteiger partial charge in [0.05, 0.1) is 11.3 Å². The van der Waals surface area contributed by atoms with E-state index < -0.39 is 29.0 Å². The molecule has 3 heterocycles. The first-order valence-corrected chi connectivity index (χ1v) is 8.90. The van der Waals surface area contributed by atoms with Crippen LogP contribution in [0.25, 0.3) is 0 Å². The number of hydrogen-bond acceptors (Lipinski definition) is 10. The number of carbonyl (C=O) groups is 3. The highest BCUT2D eigenvalue weighted by molar-refractivity contribution is 8.00. The van der Waals surface area contributed by atoms with E-state index in [2.05, 4.69) is 14.5 Å². The van der Waals surface area contributed by atoms with Crippen molar-refractivity contribution < 1.29 is 24.7 Å². The molecule has 1 saturated heterocycles. The molecule has 0 saturated carbocycles. The second-order valence-corrected chi connectivity index (χ2v) is 7.37. The molecule has 1 amide bonds. The quantitative estimate of drug-likeness (QED) is 0.278. The number of carboxylic acid groups (broad SMARTS) is 1. The predicted molar refractivity (Wildman–Crippen MR) is 89.2 cm³/mol. The van der Waals surface area contributed by atoms with E-state index >= 15 is 0 Å². The van der Waals surface area contributed by atoms with Crippen LogP contribution >= 0.6 is 23.3 Å². The number of oxime groups is 1. The monoisotopic (exact) mass is 383 g/mol. The number of fused-ring (bicyclic) bond motifs is 1. The maximum atomic E-state index is 12.4. The number of nitrogens with two attached hydrogens (primary N) is 1. The Kier molecular flexibility index (Phi) is 4.47. The molecule has 4 N–H and O–H groups in total. The van der Waals surface area contributed by atoms with Crippen LogP contribution in [-0.4, -0.2) is 59.1 Å². The molecule has 0 bridgehead atoms. The molecule has 0 spiro atoms. The van der Waals surface area contributed by atoms with Crippen molar-refractivity contribution >= 4 is 51.8 Å². The molecule has 1 aromatic heterocycles. The summed E-state index contributed by atoms with van der Waals surface area (Å²) in [6.45, 7) is 1.66. The van der Waals surface area contributed by atoms with Gasteiger partial charge >= 0.3 is 5.97 Å². The zero-order valence-corrected chi connectivity index (χ0v) is 14.5. The van der Waals surface area contributed by atoms with Crippen LogP contribution in [0.4, 0.5) is 5.13 Å². The molecular formula is C13H13N5O5S2. The van der Waals surface area contributed by atoms with E-state index in [0.717, 1.165) is 11.5 Å². The lowest BCUT2D eigenvalue weighted by molar-refractivity contribution is -0.153. The van der Waals surface area contributed by atoms with Gasteiger partial charge in [0.1, 0.15) is 5.70 Å². The Morgan fingerprint density at radius 2 is 2.20 bits per heavy atom. The van der Waals surface area contributed by atoms with Gasteiger partial charge in [-0.25, -0.2) is 4.79 Å². The minimum atomic E-state index is -1.17. The number of ketones is 1. The van der Waals surface area contributed by atoms with Gasteiger partial charge in [0.15, 0.2) is 16.6 Å². The third kappa shape index (κ3) is 2.87. The average molecular weight is 383 g/mol. The first-order valence-electron chi connectivity index (χ1n) is 7.07. The molecule has 12 heteroatoms. The number of aliphatic carboxylic acids is 1. The first-order chi connectivity index (χ1) is 11.8. The van der Waals surface area contributed by atoms with Crippen molar-refractivity contribution in [2.75, 3.05) is 11.5 Å². The van der Waals surface area contributed by atoms with Crippen molar-refractivity contribution in [2.24, 2.45) is 11.1 Å². The summed E-state index contributed by atoms with van der Waals surface area (Å²) in [6.07, 6.45) is -0.225. The maximum absolute atomic E-state index is 12.4. The Bertz CT molecular complexity index is 833. The van der Waals surface area contributed by atoms with Gasteiger partial charge in [-0.15, -0.1) is 11.8 Å². The summed E-state index contributed by atoms with van der Waals surface area (Å²) < 4.78 is 3.81. The number of Topliss-reactive ketones (excluding diaryl/α,β-unsaturated/α-hetero) is 1. The molecule has 1 unspecified atom stereocenters. The SMILES string of the molecule is CC1=C(C(=O)O)N2C(=O)[C@@H](CC(=O)/C(=N\O)c3nsc(N)n3)C2SC1. The van der Waals surface area contributed by atoms with Crippen molar-refractivity contribution in [1.29, 1.82) is 0 Å².